The van der Waals surface area contributed by atoms with Gasteiger partial charge in [0.2, 0.25) is 0 Å². The van der Waals surface area contributed by atoms with Crippen molar-refractivity contribution in [3.8, 4) is 10.4 Å². The molecule has 1 heterocycles. The number of carboxylic acids is 1. The number of aliphatic carboxylic acids is 1. The molecular weight excluding hydrogens is 251 g/mol. The molecular formula is C14H11FO2S. The Kier molecular flexibility index (Phi) is 3.58. The molecule has 0 saturated carbocycles. The maximum atomic E-state index is 13.2. The Labute approximate surface area is 108 Å². The molecule has 92 valence electrons. The molecule has 1 aromatic carbocycles. The summed E-state index contributed by atoms with van der Waals surface area (Å²) in [6.45, 7) is 1.72. The van der Waals surface area contributed by atoms with E-state index in [-0.39, 0.29) is 5.82 Å². The molecule has 0 radical (unpaired) electrons. The predicted molar refractivity (Wildman–Crippen MR) is 71.1 cm³/mol. The highest BCUT2D eigenvalue weighted by Crippen LogP contribution is 2.29. The summed E-state index contributed by atoms with van der Waals surface area (Å²) in [6, 6.07) is 8.69. The van der Waals surface area contributed by atoms with Crippen molar-refractivity contribution in [3.05, 3.63) is 52.7 Å². The maximum Gasteiger partial charge on any atom is 0.328 e. The van der Waals surface area contributed by atoms with Gasteiger partial charge in [0.25, 0.3) is 0 Å². The van der Waals surface area contributed by atoms with Crippen LogP contribution in [0.4, 0.5) is 4.39 Å². The molecule has 2 rings (SSSR count). The molecule has 4 heteroatoms. The summed E-state index contributed by atoms with van der Waals surface area (Å²) in [7, 11) is 0. The predicted octanol–water partition coefficient (Wildman–Crippen LogP) is 3.96. The molecule has 0 amide bonds. The van der Waals surface area contributed by atoms with Crippen LogP contribution in [0.2, 0.25) is 0 Å². The van der Waals surface area contributed by atoms with Crippen molar-refractivity contribution in [1.82, 2.24) is 0 Å². The Morgan fingerprint density at radius 2 is 2.11 bits per heavy atom. The highest BCUT2D eigenvalue weighted by atomic mass is 32.1. The molecule has 0 saturated heterocycles. The Hall–Kier alpha value is -1.94. The zero-order valence-corrected chi connectivity index (χ0v) is 10.5. The molecule has 18 heavy (non-hydrogen) atoms. The second kappa shape index (κ2) is 5.14. The summed E-state index contributed by atoms with van der Waals surface area (Å²) in [4.78, 5) is 12.3. The van der Waals surface area contributed by atoms with Crippen LogP contribution in [0.1, 0.15) is 10.4 Å². The van der Waals surface area contributed by atoms with Crippen molar-refractivity contribution in [2.24, 2.45) is 0 Å². The summed E-state index contributed by atoms with van der Waals surface area (Å²) in [5, 5.41) is 8.54. The van der Waals surface area contributed by atoms with Crippen molar-refractivity contribution < 1.29 is 14.3 Å². The third-order valence-corrected chi connectivity index (χ3v) is 3.56. The number of thiophene rings is 1. The lowest BCUT2D eigenvalue weighted by molar-refractivity contribution is -0.131. The summed E-state index contributed by atoms with van der Waals surface area (Å²) in [5.41, 5.74) is 1.54. The summed E-state index contributed by atoms with van der Waals surface area (Å²) in [5.74, 6) is -1.19. The third kappa shape index (κ3) is 2.84. The Morgan fingerprint density at radius 3 is 2.78 bits per heavy atom. The first-order valence-electron chi connectivity index (χ1n) is 5.33. The SMILES string of the molecule is Cc1cc(-c2ccc(C=CC(=O)O)s2)ccc1F. The number of hydrogen-bond acceptors (Lipinski definition) is 2. The fourth-order valence-corrected chi connectivity index (χ4v) is 2.46. The van der Waals surface area contributed by atoms with E-state index in [1.165, 1.54) is 17.4 Å². The molecule has 0 fully saturated rings. The van der Waals surface area contributed by atoms with Crippen LogP contribution in [0.15, 0.2) is 36.4 Å². The largest absolute Gasteiger partial charge is 0.478 e. The summed E-state index contributed by atoms with van der Waals surface area (Å²) >= 11 is 1.47. The lowest BCUT2D eigenvalue weighted by atomic mass is 10.1. The van der Waals surface area contributed by atoms with Crippen molar-refractivity contribution in [3.63, 3.8) is 0 Å². The maximum absolute atomic E-state index is 13.2. The molecule has 2 aromatic rings. The van der Waals surface area contributed by atoms with E-state index in [1.54, 1.807) is 25.1 Å². The van der Waals surface area contributed by atoms with Crippen LogP contribution in [0.3, 0.4) is 0 Å². The monoisotopic (exact) mass is 262 g/mol. The molecule has 0 bridgehead atoms. The van der Waals surface area contributed by atoms with Gasteiger partial charge in [-0.1, -0.05) is 6.07 Å². The number of hydrogen-bond donors (Lipinski definition) is 1. The highest BCUT2D eigenvalue weighted by molar-refractivity contribution is 7.16. The van der Waals surface area contributed by atoms with Gasteiger partial charge in [-0.3, -0.25) is 0 Å². The molecule has 0 atom stereocenters. The van der Waals surface area contributed by atoms with Gasteiger partial charge in [0.1, 0.15) is 5.82 Å². The lowest BCUT2D eigenvalue weighted by Crippen LogP contribution is -1.84. The number of halogens is 1. The summed E-state index contributed by atoms with van der Waals surface area (Å²) in [6.07, 6.45) is 2.65. The molecule has 0 aliphatic heterocycles. The van der Waals surface area contributed by atoms with Gasteiger partial charge in [0.15, 0.2) is 0 Å². The Bertz CT molecular complexity index is 614. The molecule has 1 N–H and O–H groups in total. The van der Waals surface area contributed by atoms with Gasteiger partial charge in [-0.25, -0.2) is 9.18 Å². The average Bonchev–Trinajstić information content (AvgIpc) is 2.79. The first-order valence-corrected chi connectivity index (χ1v) is 6.15. The highest BCUT2D eigenvalue weighted by Gasteiger charge is 2.04. The number of benzene rings is 1. The van der Waals surface area contributed by atoms with E-state index >= 15 is 0 Å². The lowest BCUT2D eigenvalue weighted by Gasteiger charge is -2.00. The van der Waals surface area contributed by atoms with E-state index in [0.717, 1.165) is 21.4 Å². The van der Waals surface area contributed by atoms with E-state index in [9.17, 15) is 9.18 Å². The van der Waals surface area contributed by atoms with E-state index in [1.807, 2.05) is 12.1 Å². The molecule has 0 aliphatic rings. The van der Waals surface area contributed by atoms with E-state index in [2.05, 4.69) is 0 Å². The van der Waals surface area contributed by atoms with Crippen LogP contribution in [0.5, 0.6) is 0 Å². The van der Waals surface area contributed by atoms with Crippen LogP contribution < -0.4 is 0 Å². The van der Waals surface area contributed by atoms with Crippen molar-refractivity contribution in [2.45, 2.75) is 6.92 Å². The van der Waals surface area contributed by atoms with E-state index in [0.29, 0.717) is 5.56 Å². The molecule has 2 nitrogen and oxygen atoms in total. The number of aryl methyl sites for hydroxylation is 1. The van der Waals surface area contributed by atoms with Crippen molar-refractivity contribution in [1.29, 1.82) is 0 Å². The van der Waals surface area contributed by atoms with Gasteiger partial charge in [-0.05, 0) is 48.4 Å². The number of rotatable bonds is 3. The standard InChI is InChI=1S/C14H11FO2S/c1-9-8-10(2-5-12(9)15)13-6-3-11(18-13)4-7-14(16)17/h2-8H,1H3,(H,16,17). The number of carbonyl (C=O) groups is 1. The van der Waals surface area contributed by atoms with Crippen molar-refractivity contribution in [2.75, 3.05) is 0 Å². The minimum atomic E-state index is -0.970. The molecule has 0 spiro atoms. The van der Waals surface area contributed by atoms with Crippen LogP contribution in [-0.2, 0) is 4.79 Å². The van der Waals surface area contributed by atoms with Crippen LogP contribution in [0.25, 0.3) is 16.5 Å². The first-order chi connectivity index (χ1) is 8.56. The zero-order chi connectivity index (χ0) is 13.1. The van der Waals surface area contributed by atoms with E-state index < -0.39 is 5.97 Å². The van der Waals surface area contributed by atoms with Gasteiger partial charge >= 0.3 is 5.97 Å². The first kappa shape index (κ1) is 12.5. The Balaban J connectivity index is 2.29. The summed E-state index contributed by atoms with van der Waals surface area (Å²) < 4.78 is 13.2. The van der Waals surface area contributed by atoms with Gasteiger partial charge in [-0.15, -0.1) is 11.3 Å². The van der Waals surface area contributed by atoms with Crippen LogP contribution in [-0.4, -0.2) is 11.1 Å². The van der Waals surface area contributed by atoms with E-state index in [4.69, 9.17) is 5.11 Å². The third-order valence-electron chi connectivity index (χ3n) is 2.46. The van der Waals surface area contributed by atoms with Crippen LogP contribution in [0, 0.1) is 12.7 Å². The molecule has 0 aliphatic carbocycles. The van der Waals surface area contributed by atoms with Gasteiger partial charge in [0.05, 0.1) is 0 Å². The minimum absolute atomic E-state index is 0.221. The smallest absolute Gasteiger partial charge is 0.328 e. The second-order valence-corrected chi connectivity index (χ2v) is 4.95. The van der Waals surface area contributed by atoms with Gasteiger partial charge < -0.3 is 5.11 Å². The van der Waals surface area contributed by atoms with Crippen molar-refractivity contribution >= 4 is 23.4 Å². The Morgan fingerprint density at radius 1 is 1.33 bits per heavy atom. The topological polar surface area (TPSA) is 37.3 Å². The zero-order valence-electron chi connectivity index (χ0n) is 9.68. The van der Waals surface area contributed by atoms with Gasteiger partial charge in [-0.2, -0.15) is 0 Å². The minimum Gasteiger partial charge on any atom is -0.478 e. The molecule has 0 unspecified atom stereocenters. The fourth-order valence-electron chi connectivity index (χ4n) is 1.55. The van der Waals surface area contributed by atoms with Crippen LogP contribution >= 0.6 is 11.3 Å². The van der Waals surface area contributed by atoms with Gasteiger partial charge in [0, 0.05) is 15.8 Å². The number of carboxylic acid groups (broad SMARTS) is 1. The quantitative estimate of drug-likeness (QED) is 0.850. The molecule has 1 aromatic heterocycles. The second-order valence-electron chi connectivity index (χ2n) is 3.84. The normalized spacial score (nSPS) is 11.0. The fraction of sp³-hybridized carbons (Fsp3) is 0.0714. The average molecular weight is 262 g/mol.